The lowest BCUT2D eigenvalue weighted by Crippen LogP contribution is -2.55. The van der Waals surface area contributed by atoms with Gasteiger partial charge in [0.05, 0.1) is 13.1 Å². The average Bonchev–Trinajstić information content (AvgIpc) is 2.50. The van der Waals surface area contributed by atoms with E-state index in [2.05, 4.69) is 4.98 Å². The van der Waals surface area contributed by atoms with Gasteiger partial charge in [-0.2, -0.15) is 0 Å². The molecule has 0 unspecified atom stereocenters. The number of benzene rings is 1. The molecule has 22 heavy (non-hydrogen) atoms. The first-order valence-electron chi connectivity index (χ1n) is 7.01. The molecule has 0 spiro atoms. The number of aromatic nitrogens is 1. The summed E-state index contributed by atoms with van der Waals surface area (Å²) in [5, 5.41) is 0.631. The molecule has 1 aliphatic rings. The first kappa shape index (κ1) is 14.6. The van der Waals surface area contributed by atoms with Gasteiger partial charge < -0.3 is 9.64 Å². The van der Waals surface area contributed by atoms with Crippen molar-refractivity contribution in [2.45, 2.75) is 6.10 Å². The van der Waals surface area contributed by atoms with Gasteiger partial charge in [0.15, 0.2) is 0 Å². The van der Waals surface area contributed by atoms with E-state index in [1.807, 2.05) is 36.4 Å². The predicted octanol–water partition coefficient (Wildman–Crippen LogP) is 3.04. The van der Waals surface area contributed by atoms with Crippen molar-refractivity contribution in [3.63, 3.8) is 0 Å². The Balaban J connectivity index is 1.50. The molecule has 4 nitrogen and oxygen atoms in total. The number of halogens is 1. The van der Waals surface area contributed by atoms with Gasteiger partial charge in [-0.05, 0) is 23.8 Å². The van der Waals surface area contributed by atoms with E-state index in [1.165, 1.54) is 6.08 Å². The van der Waals surface area contributed by atoms with Gasteiger partial charge in [0.25, 0.3) is 0 Å². The second kappa shape index (κ2) is 6.62. The lowest BCUT2D eigenvalue weighted by Gasteiger charge is -2.38. The van der Waals surface area contributed by atoms with E-state index in [1.54, 1.807) is 23.2 Å². The highest BCUT2D eigenvalue weighted by molar-refractivity contribution is 6.32. The molecule has 1 aliphatic heterocycles. The third-order valence-electron chi connectivity index (χ3n) is 3.40. The average molecular weight is 315 g/mol. The van der Waals surface area contributed by atoms with E-state index in [0.717, 1.165) is 5.56 Å². The van der Waals surface area contributed by atoms with Gasteiger partial charge in [-0.15, -0.1) is 0 Å². The van der Waals surface area contributed by atoms with E-state index >= 15 is 0 Å². The smallest absolute Gasteiger partial charge is 0.246 e. The van der Waals surface area contributed by atoms with Crippen LogP contribution in [-0.2, 0) is 4.79 Å². The number of rotatable bonds is 4. The minimum atomic E-state index is -0.0409. The summed E-state index contributed by atoms with van der Waals surface area (Å²) in [5.74, 6) is 0.548. The topological polar surface area (TPSA) is 42.4 Å². The highest BCUT2D eigenvalue weighted by Gasteiger charge is 2.31. The van der Waals surface area contributed by atoms with E-state index in [4.69, 9.17) is 16.3 Å². The molecule has 1 aromatic carbocycles. The summed E-state index contributed by atoms with van der Waals surface area (Å²) in [6, 6.07) is 12.9. The van der Waals surface area contributed by atoms with E-state index < -0.39 is 0 Å². The zero-order valence-electron chi connectivity index (χ0n) is 11.9. The summed E-state index contributed by atoms with van der Waals surface area (Å²) in [5.41, 5.74) is 0.833. The number of nitrogens with zero attached hydrogens (tertiary/aromatic N) is 2. The number of hydrogen-bond donors (Lipinski definition) is 0. The number of carbonyl (C=O) groups is 1. The number of amides is 1. The first-order valence-corrected chi connectivity index (χ1v) is 7.39. The van der Waals surface area contributed by atoms with Gasteiger partial charge in [-0.1, -0.05) is 35.9 Å². The van der Waals surface area contributed by atoms with Gasteiger partial charge in [0, 0.05) is 23.4 Å². The molecule has 0 saturated carbocycles. The quantitative estimate of drug-likeness (QED) is 0.815. The van der Waals surface area contributed by atoms with Crippen LogP contribution in [0.5, 0.6) is 5.88 Å². The van der Waals surface area contributed by atoms with Crippen LogP contribution in [0.3, 0.4) is 0 Å². The largest absolute Gasteiger partial charge is 0.471 e. The number of pyridine rings is 1. The van der Waals surface area contributed by atoms with Crippen LogP contribution >= 0.6 is 11.6 Å². The normalized spacial score (nSPS) is 14.9. The standard InChI is InChI=1S/C17H15ClN2O2/c18-15-6-2-1-5-13(15)8-9-17(21)20-11-14(12-20)22-16-7-3-4-10-19-16/h1-10,14H,11-12H2/b9-8+. The molecule has 112 valence electrons. The lowest BCUT2D eigenvalue weighted by atomic mass is 10.1. The van der Waals surface area contributed by atoms with E-state index in [0.29, 0.717) is 24.0 Å². The highest BCUT2D eigenvalue weighted by Crippen LogP contribution is 2.18. The van der Waals surface area contributed by atoms with Crippen LogP contribution in [0.15, 0.2) is 54.7 Å². The van der Waals surface area contributed by atoms with Crippen molar-refractivity contribution in [2.24, 2.45) is 0 Å². The fourth-order valence-electron chi connectivity index (χ4n) is 2.16. The molecule has 0 atom stereocenters. The molecular formula is C17H15ClN2O2. The molecule has 0 N–H and O–H groups in total. The van der Waals surface area contributed by atoms with Gasteiger partial charge in [-0.3, -0.25) is 4.79 Å². The van der Waals surface area contributed by atoms with Crippen LogP contribution in [0, 0.1) is 0 Å². The molecule has 1 fully saturated rings. The van der Waals surface area contributed by atoms with Crippen molar-refractivity contribution in [3.8, 4) is 5.88 Å². The summed E-state index contributed by atoms with van der Waals surface area (Å²) in [4.78, 5) is 17.9. The molecule has 0 aliphatic carbocycles. The van der Waals surface area contributed by atoms with Crippen LogP contribution in [0.25, 0.3) is 6.08 Å². The zero-order valence-corrected chi connectivity index (χ0v) is 12.6. The van der Waals surface area contributed by atoms with E-state index in [9.17, 15) is 4.79 Å². The van der Waals surface area contributed by atoms with Crippen molar-refractivity contribution < 1.29 is 9.53 Å². The SMILES string of the molecule is O=C(/C=C/c1ccccc1Cl)N1CC(Oc2ccccn2)C1. The Kier molecular flexibility index (Phi) is 4.39. The van der Waals surface area contributed by atoms with Crippen LogP contribution in [0.2, 0.25) is 5.02 Å². The second-order valence-electron chi connectivity index (χ2n) is 5.01. The van der Waals surface area contributed by atoms with Gasteiger partial charge in [-0.25, -0.2) is 4.98 Å². The summed E-state index contributed by atoms with van der Waals surface area (Å²) >= 11 is 6.05. The summed E-state index contributed by atoms with van der Waals surface area (Å²) in [7, 11) is 0. The second-order valence-corrected chi connectivity index (χ2v) is 5.41. The molecule has 2 heterocycles. The number of likely N-dealkylation sites (tertiary alicyclic amines) is 1. The number of hydrogen-bond acceptors (Lipinski definition) is 3. The maximum atomic E-state index is 12.0. The molecule has 5 heteroatoms. The third kappa shape index (κ3) is 3.46. The molecule has 3 rings (SSSR count). The minimum Gasteiger partial charge on any atom is -0.471 e. The van der Waals surface area contributed by atoms with Crippen LogP contribution < -0.4 is 4.74 Å². The monoisotopic (exact) mass is 314 g/mol. The van der Waals surface area contributed by atoms with Gasteiger partial charge in [0.2, 0.25) is 11.8 Å². The highest BCUT2D eigenvalue weighted by atomic mass is 35.5. The molecule has 0 bridgehead atoms. The predicted molar refractivity (Wildman–Crippen MR) is 85.7 cm³/mol. The fourth-order valence-corrected chi connectivity index (χ4v) is 2.36. The maximum absolute atomic E-state index is 12.0. The molecular weight excluding hydrogens is 300 g/mol. The van der Waals surface area contributed by atoms with Crippen molar-refractivity contribution in [1.82, 2.24) is 9.88 Å². The van der Waals surface area contributed by atoms with Crippen LogP contribution in [0.1, 0.15) is 5.56 Å². The molecule has 1 amide bonds. The lowest BCUT2D eigenvalue weighted by molar-refractivity contribution is -0.134. The number of carbonyl (C=O) groups excluding carboxylic acids is 1. The Morgan fingerprint density at radius 3 is 2.73 bits per heavy atom. The van der Waals surface area contributed by atoms with Gasteiger partial charge in [0.1, 0.15) is 6.10 Å². The number of ether oxygens (including phenoxy) is 1. The van der Waals surface area contributed by atoms with Crippen molar-refractivity contribution in [1.29, 1.82) is 0 Å². The first-order chi connectivity index (χ1) is 10.7. The summed E-state index contributed by atoms with van der Waals surface area (Å²) in [6.07, 6.45) is 4.96. The van der Waals surface area contributed by atoms with Crippen molar-refractivity contribution in [3.05, 3.63) is 65.3 Å². The Morgan fingerprint density at radius 1 is 1.23 bits per heavy atom. The Morgan fingerprint density at radius 2 is 2.00 bits per heavy atom. The third-order valence-corrected chi connectivity index (χ3v) is 3.74. The van der Waals surface area contributed by atoms with Crippen molar-refractivity contribution >= 4 is 23.6 Å². The van der Waals surface area contributed by atoms with Gasteiger partial charge >= 0.3 is 0 Å². The maximum Gasteiger partial charge on any atom is 0.246 e. The van der Waals surface area contributed by atoms with Crippen LogP contribution in [0.4, 0.5) is 0 Å². The van der Waals surface area contributed by atoms with E-state index in [-0.39, 0.29) is 12.0 Å². The molecule has 1 aromatic heterocycles. The Hall–Kier alpha value is -2.33. The summed E-state index contributed by atoms with van der Waals surface area (Å²) < 4.78 is 5.66. The molecule has 1 saturated heterocycles. The molecule has 2 aromatic rings. The summed E-state index contributed by atoms with van der Waals surface area (Å²) in [6.45, 7) is 1.14. The fraction of sp³-hybridized carbons (Fsp3) is 0.176. The Labute approximate surface area is 134 Å². The molecule has 0 radical (unpaired) electrons. The van der Waals surface area contributed by atoms with Crippen LogP contribution in [-0.4, -0.2) is 35.0 Å². The zero-order chi connectivity index (χ0) is 15.4. The minimum absolute atomic E-state index is 0.00700. The van der Waals surface area contributed by atoms with Crippen molar-refractivity contribution in [2.75, 3.05) is 13.1 Å². The Bertz CT molecular complexity index is 682.